The molecule has 0 radical (unpaired) electrons. The maximum atomic E-state index is 9.01. The average molecular weight is 311 g/mol. The third kappa shape index (κ3) is 2.90. The lowest BCUT2D eigenvalue weighted by Crippen LogP contribution is -2.29. The summed E-state index contributed by atoms with van der Waals surface area (Å²) in [6, 6.07) is 12.5. The van der Waals surface area contributed by atoms with Crippen molar-refractivity contribution in [2.45, 2.75) is 0 Å². The van der Waals surface area contributed by atoms with Crippen LogP contribution in [0.4, 0.5) is 0 Å². The Hall–Kier alpha value is -0.805. The number of halogens is 2. The Kier molecular flexibility index (Phi) is 3.89. The van der Waals surface area contributed by atoms with Crippen molar-refractivity contribution < 1.29 is 10.0 Å². The second-order valence-corrected chi connectivity index (χ2v) is 4.91. The van der Waals surface area contributed by atoms with Crippen molar-refractivity contribution in [3.63, 3.8) is 0 Å². The molecule has 0 unspecified atom stereocenters. The molecule has 0 aromatic heterocycles. The fourth-order valence-electron chi connectivity index (χ4n) is 1.55. The van der Waals surface area contributed by atoms with E-state index in [0.29, 0.717) is 10.5 Å². The van der Waals surface area contributed by atoms with Gasteiger partial charge < -0.3 is 10.0 Å². The molecule has 0 fully saturated rings. The van der Waals surface area contributed by atoms with Gasteiger partial charge in [-0.1, -0.05) is 51.8 Å². The summed E-state index contributed by atoms with van der Waals surface area (Å²) < 4.78 is 0.944. The minimum Gasteiger partial charge on any atom is -0.423 e. The molecule has 0 aliphatic carbocycles. The van der Waals surface area contributed by atoms with Gasteiger partial charge >= 0.3 is 7.12 Å². The molecular weight excluding hydrogens is 302 g/mol. The van der Waals surface area contributed by atoms with Crippen molar-refractivity contribution in [3.05, 3.63) is 52.0 Å². The van der Waals surface area contributed by atoms with E-state index in [1.165, 1.54) is 0 Å². The molecule has 2 N–H and O–H groups in total. The Balaban J connectivity index is 2.43. The minimum absolute atomic E-state index is 0.465. The molecular formula is C12H9BBrClO2. The second kappa shape index (κ2) is 5.23. The highest BCUT2D eigenvalue weighted by atomic mass is 79.9. The number of rotatable bonds is 2. The quantitative estimate of drug-likeness (QED) is 0.837. The topological polar surface area (TPSA) is 40.5 Å². The van der Waals surface area contributed by atoms with Crippen molar-refractivity contribution >= 4 is 40.1 Å². The SMILES string of the molecule is OB(O)c1ccc(-c2cc(Cl)ccc2Br)cc1. The molecule has 0 bridgehead atoms. The van der Waals surface area contributed by atoms with Gasteiger partial charge in [0, 0.05) is 9.50 Å². The molecule has 2 aromatic rings. The lowest BCUT2D eigenvalue weighted by molar-refractivity contribution is 0.426. The average Bonchev–Trinajstić information content (AvgIpc) is 2.32. The summed E-state index contributed by atoms with van der Waals surface area (Å²) >= 11 is 9.40. The molecule has 0 saturated carbocycles. The summed E-state index contributed by atoms with van der Waals surface area (Å²) in [5, 5.41) is 18.7. The first-order valence-corrected chi connectivity index (χ1v) is 6.16. The van der Waals surface area contributed by atoms with Crippen molar-refractivity contribution in [1.29, 1.82) is 0 Å². The predicted octanol–water partition coefficient (Wildman–Crippen LogP) is 2.45. The van der Waals surface area contributed by atoms with Gasteiger partial charge in [-0.05, 0) is 34.8 Å². The zero-order chi connectivity index (χ0) is 12.4. The standard InChI is InChI=1S/C12H9BBrClO2/c14-12-6-5-10(15)7-11(12)8-1-3-9(4-2-8)13(16)17/h1-7,16-17H. The van der Waals surface area contributed by atoms with E-state index in [0.717, 1.165) is 15.6 Å². The van der Waals surface area contributed by atoms with Crippen LogP contribution in [0, 0.1) is 0 Å². The number of hydrogen-bond acceptors (Lipinski definition) is 2. The maximum absolute atomic E-state index is 9.01. The van der Waals surface area contributed by atoms with Crippen LogP contribution in [-0.4, -0.2) is 17.2 Å². The van der Waals surface area contributed by atoms with E-state index in [4.69, 9.17) is 21.6 Å². The summed E-state index contributed by atoms with van der Waals surface area (Å²) in [6.07, 6.45) is 0. The van der Waals surface area contributed by atoms with E-state index >= 15 is 0 Å². The maximum Gasteiger partial charge on any atom is 0.488 e. The summed E-state index contributed by atoms with van der Waals surface area (Å²) in [7, 11) is -1.44. The Morgan fingerprint density at radius 2 is 1.65 bits per heavy atom. The van der Waals surface area contributed by atoms with Crippen molar-refractivity contribution in [3.8, 4) is 11.1 Å². The van der Waals surface area contributed by atoms with Crippen LogP contribution in [0.1, 0.15) is 0 Å². The van der Waals surface area contributed by atoms with Crippen LogP contribution < -0.4 is 5.46 Å². The third-order valence-corrected chi connectivity index (χ3v) is 3.37. The highest BCUT2D eigenvalue weighted by Gasteiger charge is 2.11. The van der Waals surface area contributed by atoms with Gasteiger partial charge in [-0.25, -0.2) is 0 Å². The van der Waals surface area contributed by atoms with Gasteiger partial charge in [0.25, 0.3) is 0 Å². The largest absolute Gasteiger partial charge is 0.488 e. The van der Waals surface area contributed by atoms with E-state index in [9.17, 15) is 0 Å². The Morgan fingerprint density at radius 1 is 1.00 bits per heavy atom. The molecule has 5 heteroatoms. The molecule has 17 heavy (non-hydrogen) atoms. The van der Waals surface area contributed by atoms with Crippen LogP contribution in [0.2, 0.25) is 5.02 Å². The van der Waals surface area contributed by atoms with Crippen molar-refractivity contribution in [2.24, 2.45) is 0 Å². The lowest BCUT2D eigenvalue weighted by Gasteiger charge is -2.06. The first-order valence-electron chi connectivity index (χ1n) is 4.99. The van der Waals surface area contributed by atoms with Crippen LogP contribution in [0.15, 0.2) is 46.9 Å². The highest BCUT2D eigenvalue weighted by molar-refractivity contribution is 9.10. The van der Waals surface area contributed by atoms with Gasteiger partial charge in [0.2, 0.25) is 0 Å². The first-order chi connectivity index (χ1) is 8.08. The smallest absolute Gasteiger partial charge is 0.423 e. The summed E-state index contributed by atoms with van der Waals surface area (Å²) in [5.41, 5.74) is 2.40. The molecule has 2 rings (SSSR count). The van der Waals surface area contributed by atoms with Crippen LogP contribution in [0.5, 0.6) is 0 Å². The van der Waals surface area contributed by atoms with Gasteiger partial charge in [0.1, 0.15) is 0 Å². The zero-order valence-electron chi connectivity index (χ0n) is 8.77. The molecule has 2 nitrogen and oxygen atoms in total. The van der Waals surface area contributed by atoms with E-state index in [2.05, 4.69) is 15.9 Å². The number of benzene rings is 2. The van der Waals surface area contributed by atoms with Crippen LogP contribution >= 0.6 is 27.5 Å². The third-order valence-electron chi connectivity index (χ3n) is 2.45. The fraction of sp³-hybridized carbons (Fsp3) is 0. The molecule has 0 saturated heterocycles. The molecule has 0 heterocycles. The lowest BCUT2D eigenvalue weighted by atomic mass is 9.80. The summed E-state index contributed by atoms with van der Waals surface area (Å²) in [4.78, 5) is 0. The van der Waals surface area contributed by atoms with E-state index in [-0.39, 0.29) is 0 Å². The molecule has 0 aliphatic rings. The monoisotopic (exact) mass is 310 g/mol. The highest BCUT2D eigenvalue weighted by Crippen LogP contribution is 2.30. The Morgan fingerprint density at radius 3 is 2.24 bits per heavy atom. The van der Waals surface area contributed by atoms with Gasteiger partial charge in [0.15, 0.2) is 0 Å². The van der Waals surface area contributed by atoms with Crippen LogP contribution in [0.25, 0.3) is 11.1 Å². The summed E-state index contributed by atoms with van der Waals surface area (Å²) in [6.45, 7) is 0. The van der Waals surface area contributed by atoms with Gasteiger partial charge in [0.05, 0.1) is 0 Å². The molecule has 86 valence electrons. The molecule has 0 aliphatic heterocycles. The Labute approximate surface area is 113 Å². The fourth-order valence-corrected chi connectivity index (χ4v) is 2.20. The van der Waals surface area contributed by atoms with Gasteiger partial charge in [-0.3, -0.25) is 0 Å². The van der Waals surface area contributed by atoms with Gasteiger partial charge in [-0.2, -0.15) is 0 Å². The van der Waals surface area contributed by atoms with E-state index in [1.807, 2.05) is 24.3 Å². The normalized spacial score (nSPS) is 10.4. The van der Waals surface area contributed by atoms with Gasteiger partial charge in [-0.15, -0.1) is 0 Å². The predicted molar refractivity (Wildman–Crippen MR) is 74.4 cm³/mol. The second-order valence-electron chi connectivity index (χ2n) is 3.62. The minimum atomic E-state index is -1.44. The zero-order valence-corrected chi connectivity index (χ0v) is 11.1. The molecule has 0 atom stereocenters. The Bertz CT molecular complexity index is 529. The molecule has 0 spiro atoms. The molecule has 0 amide bonds. The van der Waals surface area contributed by atoms with Crippen LogP contribution in [-0.2, 0) is 0 Å². The van der Waals surface area contributed by atoms with Crippen molar-refractivity contribution in [2.75, 3.05) is 0 Å². The van der Waals surface area contributed by atoms with E-state index < -0.39 is 7.12 Å². The summed E-state index contributed by atoms with van der Waals surface area (Å²) in [5.74, 6) is 0. The van der Waals surface area contributed by atoms with Crippen molar-refractivity contribution in [1.82, 2.24) is 0 Å². The first kappa shape index (κ1) is 12.6. The number of hydrogen-bond donors (Lipinski definition) is 2. The van der Waals surface area contributed by atoms with E-state index in [1.54, 1.807) is 18.2 Å². The molecule has 2 aromatic carbocycles. The van der Waals surface area contributed by atoms with Crippen LogP contribution in [0.3, 0.4) is 0 Å².